The average molecular weight is 353 g/mol. The van der Waals surface area contributed by atoms with Gasteiger partial charge >= 0.3 is 0 Å². The van der Waals surface area contributed by atoms with Crippen molar-refractivity contribution in [2.75, 3.05) is 0 Å². The molecule has 2 aliphatic carbocycles. The third-order valence-electron chi connectivity index (χ3n) is 7.03. The molecule has 1 aromatic rings. The summed E-state index contributed by atoms with van der Waals surface area (Å²) in [5, 5.41) is 0. The van der Waals surface area contributed by atoms with Crippen molar-refractivity contribution in [3.05, 3.63) is 41.5 Å². The molecule has 1 atom stereocenters. The minimum atomic E-state index is 0.820. The SMILES string of the molecule is CCCCC[C@H]1CC[C@H](c2ccc(C3=CCC(CCC)CC3)cc2)CC1. The fourth-order valence-electron chi connectivity index (χ4n) is 5.26. The van der Waals surface area contributed by atoms with E-state index in [1.54, 1.807) is 11.1 Å². The van der Waals surface area contributed by atoms with Crippen LogP contribution in [-0.2, 0) is 0 Å². The van der Waals surface area contributed by atoms with E-state index in [0.717, 1.165) is 17.8 Å². The minimum absolute atomic E-state index is 0.820. The Kier molecular flexibility index (Phi) is 7.84. The van der Waals surface area contributed by atoms with E-state index in [0.29, 0.717) is 0 Å². The highest BCUT2D eigenvalue weighted by Gasteiger charge is 2.22. The highest BCUT2D eigenvalue weighted by molar-refractivity contribution is 5.66. The Bertz CT molecular complexity index is 542. The summed E-state index contributed by atoms with van der Waals surface area (Å²) < 4.78 is 0. The van der Waals surface area contributed by atoms with Crippen molar-refractivity contribution < 1.29 is 0 Å². The number of rotatable bonds is 8. The third-order valence-corrected chi connectivity index (χ3v) is 7.03. The van der Waals surface area contributed by atoms with Gasteiger partial charge in [0.05, 0.1) is 0 Å². The molecule has 3 rings (SSSR count). The van der Waals surface area contributed by atoms with Gasteiger partial charge in [-0.2, -0.15) is 0 Å². The summed E-state index contributed by atoms with van der Waals surface area (Å²) >= 11 is 0. The number of hydrogen-bond acceptors (Lipinski definition) is 0. The first-order chi connectivity index (χ1) is 12.8. The molecule has 0 amide bonds. The zero-order valence-corrected chi connectivity index (χ0v) is 17.3. The molecule has 0 aliphatic heterocycles. The lowest BCUT2D eigenvalue weighted by atomic mass is 9.76. The summed E-state index contributed by atoms with van der Waals surface area (Å²) in [5.74, 6) is 2.77. The van der Waals surface area contributed by atoms with Crippen LogP contribution >= 0.6 is 0 Å². The third kappa shape index (κ3) is 5.48. The standard InChI is InChI=1S/C26H40/c1-3-5-6-8-22-11-15-24(16-12-22)26-19-17-25(18-20-26)23-13-9-21(7-4-2)10-14-23/h13,17-22,24H,3-12,14-16H2,1-2H3/t21?,22-,24-. The number of allylic oxidation sites excluding steroid dienone is 2. The summed E-state index contributed by atoms with van der Waals surface area (Å²) in [4.78, 5) is 0. The van der Waals surface area contributed by atoms with Crippen molar-refractivity contribution in [3.8, 4) is 0 Å². The van der Waals surface area contributed by atoms with Crippen LogP contribution in [0.15, 0.2) is 30.3 Å². The van der Waals surface area contributed by atoms with Gasteiger partial charge < -0.3 is 0 Å². The fraction of sp³-hybridized carbons (Fsp3) is 0.692. The van der Waals surface area contributed by atoms with Crippen molar-refractivity contribution in [3.63, 3.8) is 0 Å². The van der Waals surface area contributed by atoms with Crippen LogP contribution in [0, 0.1) is 11.8 Å². The molecule has 2 aliphatic rings. The first-order valence-electron chi connectivity index (χ1n) is 11.6. The smallest absolute Gasteiger partial charge is 0.0162 e. The molecule has 0 bridgehead atoms. The van der Waals surface area contributed by atoms with E-state index in [9.17, 15) is 0 Å². The molecule has 0 heterocycles. The van der Waals surface area contributed by atoms with Gasteiger partial charge in [0, 0.05) is 0 Å². The first-order valence-corrected chi connectivity index (χ1v) is 11.6. The van der Waals surface area contributed by atoms with Crippen LogP contribution < -0.4 is 0 Å². The Hall–Kier alpha value is -1.04. The molecule has 0 saturated heterocycles. The second-order valence-corrected chi connectivity index (χ2v) is 8.99. The summed E-state index contributed by atoms with van der Waals surface area (Å²) in [5.41, 5.74) is 4.68. The van der Waals surface area contributed by atoms with Gasteiger partial charge in [-0.25, -0.2) is 0 Å². The van der Waals surface area contributed by atoms with Crippen LogP contribution in [0.1, 0.15) is 114 Å². The Morgan fingerprint density at radius 1 is 0.769 bits per heavy atom. The summed E-state index contributed by atoms with van der Waals surface area (Å²) in [6.45, 7) is 4.63. The molecular formula is C26H40. The second-order valence-electron chi connectivity index (χ2n) is 8.99. The molecule has 26 heavy (non-hydrogen) atoms. The Balaban J connectivity index is 1.49. The van der Waals surface area contributed by atoms with Gasteiger partial charge in [0.25, 0.3) is 0 Å². The molecule has 0 N–H and O–H groups in total. The Morgan fingerprint density at radius 2 is 1.54 bits per heavy atom. The topological polar surface area (TPSA) is 0 Å². The zero-order chi connectivity index (χ0) is 18.2. The van der Waals surface area contributed by atoms with E-state index in [1.165, 1.54) is 89.0 Å². The molecule has 1 aromatic carbocycles. The van der Waals surface area contributed by atoms with E-state index in [-0.39, 0.29) is 0 Å². The van der Waals surface area contributed by atoms with Crippen molar-refractivity contribution in [2.45, 2.75) is 103 Å². The van der Waals surface area contributed by atoms with Crippen LogP contribution in [0.25, 0.3) is 5.57 Å². The Morgan fingerprint density at radius 3 is 2.15 bits per heavy atom. The molecule has 1 unspecified atom stereocenters. The van der Waals surface area contributed by atoms with Crippen LogP contribution in [-0.4, -0.2) is 0 Å². The quantitative estimate of drug-likeness (QED) is 0.411. The van der Waals surface area contributed by atoms with E-state index in [1.807, 2.05) is 0 Å². The Labute approximate surface area is 162 Å². The normalized spacial score (nSPS) is 26.5. The molecule has 1 saturated carbocycles. The highest BCUT2D eigenvalue weighted by Crippen LogP contribution is 2.38. The van der Waals surface area contributed by atoms with Gasteiger partial charge in [0.1, 0.15) is 0 Å². The summed E-state index contributed by atoms with van der Waals surface area (Å²) in [6, 6.07) is 9.70. The van der Waals surface area contributed by atoms with Crippen molar-refractivity contribution >= 4 is 5.57 Å². The van der Waals surface area contributed by atoms with Crippen molar-refractivity contribution in [1.29, 1.82) is 0 Å². The highest BCUT2D eigenvalue weighted by atomic mass is 14.3. The van der Waals surface area contributed by atoms with Gasteiger partial charge in [-0.3, -0.25) is 0 Å². The monoisotopic (exact) mass is 352 g/mol. The summed E-state index contributed by atoms with van der Waals surface area (Å²) in [7, 11) is 0. The molecule has 0 nitrogen and oxygen atoms in total. The maximum Gasteiger partial charge on any atom is -0.0162 e. The molecule has 0 aromatic heterocycles. The maximum absolute atomic E-state index is 2.53. The van der Waals surface area contributed by atoms with Crippen LogP contribution in [0.3, 0.4) is 0 Å². The fourth-order valence-corrected chi connectivity index (χ4v) is 5.26. The molecule has 144 valence electrons. The van der Waals surface area contributed by atoms with Crippen LogP contribution in [0.4, 0.5) is 0 Å². The van der Waals surface area contributed by atoms with E-state index in [2.05, 4.69) is 44.2 Å². The maximum atomic E-state index is 2.53. The van der Waals surface area contributed by atoms with Crippen LogP contribution in [0.2, 0.25) is 0 Å². The molecule has 0 heteroatoms. The van der Waals surface area contributed by atoms with Crippen LogP contribution in [0.5, 0.6) is 0 Å². The lowest BCUT2D eigenvalue weighted by Gasteiger charge is -2.29. The van der Waals surface area contributed by atoms with Gasteiger partial charge in [-0.15, -0.1) is 0 Å². The largest absolute Gasteiger partial charge is 0.0804 e. The van der Waals surface area contributed by atoms with Gasteiger partial charge in [0.15, 0.2) is 0 Å². The second kappa shape index (κ2) is 10.3. The molecule has 1 fully saturated rings. The van der Waals surface area contributed by atoms with Gasteiger partial charge in [-0.1, -0.05) is 82.7 Å². The molecular weight excluding hydrogens is 312 g/mol. The predicted molar refractivity (Wildman–Crippen MR) is 116 cm³/mol. The lowest BCUT2D eigenvalue weighted by Crippen LogP contribution is -2.13. The van der Waals surface area contributed by atoms with Crippen molar-refractivity contribution in [1.82, 2.24) is 0 Å². The van der Waals surface area contributed by atoms with Gasteiger partial charge in [0.2, 0.25) is 0 Å². The number of hydrogen-bond donors (Lipinski definition) is 0. The van der Waals surface area contributed by atoms with E-state index < -0.39 is 0 Å². The number of unbranched alkanes of at least 4 members (excludes halogenated alkanes) is 2. The molecule has 0 spiro atoms. The zero-order valence-electron chi connectivity index (χ0n) is 17.3. The van der Waals surface area contributed by atoms with Gasteiger partial charge in [-0.05, 0) is 79.4 Å². The number of benzene rings is 1. The van der Waals surface area contributed by atoms with Crippen molar-refractivity contribution in [2.24, 2.45) is 11.8 Å². The summed E-state index contributed by atoms with van der Waals surface area (Å²) in [6.07, 6.45) is 20.7. The van der Waals surface area contributed by atoms with E-state index in [4.69, 9.17) is 0 Å². The predicted octanol–water partition coefficient (Wildman–Crippen LogP) is 8.52. The molecule has 0 radical (unpaired) electrons. The van der Waals surface area contributed by atoms with E-state index >= 15 is 0 Å². The lowest BCUT2D eigenvalue weighted by molar-refractivity contribution is 0.303. The average Bonchev–Trinajstić information content (AvgIpc) is 2.70. The first kappa shape index (κ1) is 19.7. The minimum Gasteiger partial charge on any atom is -0.0804 e.